The van der Waals surface area contributed by atoms with E-state index in [1.807, 2.05) is 27.7 Å². The molecule has 0 spiro atoms. The normalized spacial score (nSPS) is 23.3. The number of nitrogens with two attached hydrogens (primary N) is 4. The predicted octanol–water partition coefficient (Wildman–Crippen LogP) is -1.53. The van der Waals surface area contributed by atoms with E-state index in [0.29, 0.717) is 17.9 Å². The van der Waals surface area contributed by atoms with Crippen molar-refractivity contribution in [3.05, 3.63) is 35.9 Å². The Morgan fingerprint density at radius 3 is 1.55 bits per heavy atom. The van der Waals surface area contributed by atoms with Crippen LogP contribution in [-0.2, 0) is 49.6 Å². The van der Waals surface area contributed by atoms with E-state index in [9.17, 15) is 48.3 Å². The fourth-order valence-corrected chi connectivity index (χ4v) is 8.49. The molecule has 424 valence electrons. The summed E-state index contributed by atoms with van der Waals surface area (Å²) >= 11 is 0. The number of carbonyl (C=O) groups is 9. The number of hydrogen-bond acceptors (Lipinski definition) is 14. The van der Waals surface area contributed by atoms with Crippen LogP contribution in [-0.4, -0.2) is 145 Å². The lowest BCUT2D eigenvalue weighted by atomic mass is 9.99. The highest BCUT2D eigenvalue weighted by Gasteiger charge is 2.35. The summed E-state index contributed by atoms with van der Waals surface area (Å²) in [5.41, 5.74) is 24.3. The largest absolute Gasteiger partial charge is 0.393 e. The minimum absolute atomic E-state index is 0.0371. The van der Waals surface area contributed by atoms with Crippen molar-refractivity contribution in [2.24, 2.45) is 40.7 Å². The second-order valence-electron chi connectivity index (χ2n) is 20.5. The van der Waals surface area contributed by atoms with Gasteiger partial charge in [0.25, 0.3) is 0 Å². The summed E-state index contributed by atoms with van der Waals surface area (Å²) in [5, 5.41) is 34.8. The second kappa shape index (κ2) is 35.5. The van der Waals surface area contributed by atoms with Gasteiger partial charge in [-0.2, -0.15) is 0 Å². The van der Waals surface area contributed by atoms with Crippen LogP contribution in [0.4, 0.5) is 0 Å². The molecule has 1 unspecified atom stereocenters. The summed E-state index contributed by atoms with van der Waals surface area (Å²) in [6.07, 6.45) is 2.45. The van der Waals surface area contributed by atoms with Gasteiger partial charge >= 0.3 is 0 Å². The first-order valence-corrected chi connectivity index (χ1v) is 26.9. The molecule has 9 amide bonds. The van der Waals surface area contributed by atoms with E-state index in [-0.39, 0.29) is 102 Å². The lowest BCUT2D eigenvalue weighted by molar-refractivity contribution is -0.136. The number of unbranched alkanes of at least 4 members (excludes halogenated alkanes) is 1. The number of nitrogens with one attached hydrogen (secondary N) is 9. The van der Waals surface area contributed by atoms with E-state index in [4.69, 9.17) is 22.9 Å². The first-order valence-electron chi connectivity index (χ1n) is 26.9. The summed E-state index contributed by atoms with van der Waals surface area (Å²) in [4.78, 5) is 126. The van der Waals surface area contributed by atoms with Gasteiger partial charge in [-0.15, -0.1) is 0 Å². The molecule has 23 nitrogen and oxygen atoms in total. The molecule has 1 fully saturated rings. The molecular formula is C52H91N13O10. The van der Waals surface area contributed by atoms with Gasteiger partial charge in [-0.3, -0.25) is 43.2 Å². The maximum Gasteiger partial charge on any atom is 0.243 e. The summed E-state index contributed by atoms with van der Waals surface area (Å²) in [7, 11) is 0. The Morgan fingerprint density at radius 2 is 1.05 bits per heavy atom. The summed E-state index contributed by atoms with van der Waals surface area (Å²) in [6, 6.07) is -1.55. The van der Waals surface area contributed by atoms with Crippen LogP contribution in [0, 0.1) is 17.8 Å². The molecule has 1 aromatic rings. The Hall–Kier alpha value is -5.75. The average molecular weight is 1060 g/mol. The smallest absolute Gasteiger partial charge is 0.243 e. The number of amides is 9. The molecule has 0 aromatic heterocycles. The maximum absolute atomic E-state index is 14.4. The van der Waals surface area contributed by atoms with Crippen molar-refractivity contribution >= 4 is 53.2 Å². The number of aliphatic hydroxyl groups excluding tert-OH is 1. The molecule has 75 heavy (non-hydrogen) atoms. The first kappa shape index (κ1) is 65.4. The average Bonchev–Trinajstić information content (AvgIpc) is 3.35. The van der Waals surface area contributed by atoms with Crippen LogP contribution >= 0.6 is 0 Å². The third-order valence-corrected chi connectivity index (χ3v) is 12.9. The fraction of sp³-hybridized carbons (Fsp3) is 0.712. The number of carbonyl (C=O) groups excluding carboxylic acids is 9. The van der Waals surface area contributed by atoms with Crippen molar-refractivity contribution in [3.63, 3.8) is 0 Å². The van der Waals surface area contributed by atoms with Gasteiger partial charge in [-0.25, -0.2) is 0 Å². The molecule has 1 aliphatic heterocycles. The quantitative estimate of drug-likeness (QED) is 0.0495. The van der Waals surface area contributed by atoms with Crippen molar-refractivity contribution in [2.75, 3.05) is 32.7 Å². The molecule has 1 aliphatic rings. The highest BCUT2D eigenvalue weighted by molar-refractivity contribution is 5.98. The van der Waals surface area contributed by atoms with Crippen LogP contribution in [0.3, 0.4) is 0 Å². The minimum atomic E-state index is -1.46. The first-order chi connectivity index (χ1) is 35.7. The Balaban J connectivity index is 2.66. The number of rotatable bonds is 25. The van der Waals surface area contributed by atoms with Gasteiger partial charge in [-0.05, 0) is 101 Å². The molecule has 1 saturated heterocycles. The maximum atomic E-state index is 14.4. The van der Waals surface area contributed by atoms with Gasteiger partial charge < -0.3 is 75.9 Å². The summed E-state index contributed by atoms with van der Waals surface area (Å²) in [5.74, 6) is -6.55. The molecule has 0 bridgehead atoms. The van der Waals surface area contributed by atoms with Crippen LogP contribution < -0.4 is 70.8 Å². The molecule has 2 rings (SSSR count). The van der Waals surface area contributed by atoms with Crippen LogP contribution in [0.25, 0.3) is 0 Å². The number of hydrogen-bond donors (Lipinski definition) is 14. The molecular weight excluding hydrogens is 967 g/mol. The van der Waals surface area contributed by atoms with Gasteiger partial charge in [0, 0.05) is 13.0 Å². The highest BCUT2D eigenvalue weighted by Crippen LogP contribution is 2.15. The van der Waals surface area contributed by atoms with E-state index >= 15 is 0 Å². The Labute approximate surface area is 443 Å². The molecule has 0 radical (unpaired) electrons. The third-order valence-electron chi connectivity index (χ3n) is 12.9. The van der Waals surface area contributed by atoms with Crippen molar-refractivity contribution in [1.29, 1.82) is 0 Å². The zero-order chi connectivity index (χ0) is 56.0. The van der Waals surface area contributed by atoms with Crippen molar-refractivity contribution in [1.82, 2.24) is 47.9 Å². The standard InChI is InChI=1S/C52H91N13O10/c1-7-33(6)13-11-12-16-35(66)30-44(67)58-36(17-22-53)46(69)62-40-21-26-57-45(68)41(27-31(2)3)63-48(71)38(19-24-55)59-47(70)37(18-23-54)61-52(75)43(29-34-14-9-8-10-15-34)65-51(74)42(28-32(4)5)64-49(72)39(20-25-56)60-50(40)73/h8-10,14-15,31-33,35-43,66H,7,11-13,16-30,53-56H2,1-6H3,(H,57,68)(H,58,67)(H,59,70)(H,60,73)(H,61,75)(H,62,69)(H,63,71)(H,64,72)(H,65,74)/t33?,35-,36-,37+,38+,39+,40+,41+,42+,43-/m1/s1. The molecule has 18 N–H and O–H groups in total. The molecule has 10 atom stereocenters. The fourth-order valence-electron chi connectivity index (χ4n) is 8.49. The van der Waals surface area contributed by atoms with E-state index in [1.54, 1.807) is 30.3 Å². The van der Waals surface area contributed by atoms with E-state index < -0.39 is 108 Å². The van der Waals surface area contributed by atoms with Crippen LogP contribution in [0.2, 0.25) is 0 Å². The SMILES string of the molecule is CCC(C)CCCC[C@@H](O)CC(=O)N[C@H](CCN)C(=O)N[C@H]1CCNC(=O)[C@H](CC(C)C)NC(=O)[C@H](CCN)NC(=O)[C@H](CCN)NC(=O)[C@@H](Cc2ccccc2)NC(=O)[C@H](CC(C)C)NC(=O)[C@H](CCN)NC1=O. The van der Waals surface area contributed by atoms with Gasteiger partial charge in [-0.1, -0.05) is 97.6 Å². The summed E-state index contributed by atoms with van der Waals surface area (Å²) < 4.78 is 0. The molecule has 1 aromatic carbocycles. The monoisotopic (exact) mass is 1060 g/mol. The zero-order valence-corrected chi connectivity index (χ0v) is 45.2. The van der Waals surface area contributed by atoms with Gasteiger partial charge in [0.1, 0.15) is 48.3 Å². The number of benzene rings is 1. The van der Waals surface area contributed by atoms with Crippen molar-refractivity contribution in [2.45, 2.75) is 186 Å². The van der Waals surface area contributed by atoms with E-state index in [0.717, 1.165) is 25.7 Å². The predicted molar refractivity (Wildman–Crippen MR) is 285 cm³/mol. The molecule has 0 saturated carbocycles. The van der Waals surface area contributed by atoms with Crippen molar-refractivity contribution < 1.29 is 48.3 Å². The van der Waals surface area contributed by atoms with E-state index in [1.165, 1.54) is 0 Å². The van der Waals surface area contributed by atoms with Gasteiger partial charge in [0.05, 0.1) is 12.5 Å². The Bertz CT molecular complexity index is 1960. The lowest BCUT2D eigenvalue weighted by Gasteiger charge is -2.28. The van der Waals surface area contributed by atoms with Crippen LogP contribution in [0.1, 0.15) is 131 Å². The Morgan fingerprint density at radius 1 is 0.600 bits per heavy atom. The van der Waals surface area contributed by atoms with E-state index in [2.05, 4.69) is 61.7 Å². The lowest BCUT2D eigenvalue weighted by Crippen LogP contribution is -2.61. The van der Waals surface area contributed by atoms with Gasteiger partial charge in [0.2, 0.25) is 53.2 Å². The molecule has 23 heteroatoms. The Kier molecular flexibility index (Phi) is 30.9. The van der Waals surface area contributed by atoms with Crippen molar-refractivity contribution in [3.8, 4) is 0 Å². The van der Waals surface area contributed by atoms with Gasteiger partial charge in [0.15, 0.2) is 0 Å². The molecule has 1 heterocycles. The summed E-state index contributed by atoms with van der Waals surface area (Å²) in [6.45, 7) is 11.1. The zero-order valence-electron chi connectivity index (χ0n) is 45.2. The van der Waals surface area contributed by atoms with Crippen LogP contribution in [0.5, 0.6) is 0 Å². The van der Waals surface area contributed by atoms with Crippen LogP contribution in [0.15, 0.2) is 30.3 Å². The topological polar surface area (TPSA) is 386 Å². The molecule has 0 aliphatic carbocycles. The third kappa shape index (κ3) is 25.1. The second-order valence-corrected chi connectivity index (χ2v) is 20.5. The minimum Gasteiger partial charge on any atom is -0.393 e. The number of aliphatic hydroxyl groups is 1. The highest BCUT2D eigenvalue weighted by atomic mass is 16.3.